The Kier molecular flexibility index (Phi) is 3.38. The highest BCUT2D eigenvalue weighted by Crippen LogP contribution is 2.34. The third-order valence-corrected chi connectivity index (χ3v) is 5.35. The first-order chi connectivity index (χ1) is 10.4. The largest absolute Gasteiger partial charge is 0.288 e. The predicted octanol–water partition coefficient (Wildman–Crippen LogP) is 3.44. The summed E-state index contributed by atoms with van der Waals surface area (Å²) in [5.74, 6) is 0. The van der Waals surface area contributed by atoms with Crippen LogP contribution in [0.5, 0.6) is 0 Å². The number of fused-ring (bicyclic) bond motifs is 1. The summed E-state index contributed by atoms with van der Waals surface area (Å²) in [5, 5.41) is 11.1. The lowest BCUT2D eigenvalue weighted by molar-refractivity contribution is -0.384. The van der Waals surface area contributed by atoms with Crippen molar-refractivity contribution >= 4 is 38.2 Å². The zero-order chi connectivity index (χ0) is 15.9. The van der Waals surface area contributed by atoms with Gasteiger partial charge in [0.05, 0.1) is 15.3 Å². The normalized spacial score (nSPS) is 11.7. The van der Waals surface area contributed by atoms with Gasteiger partial charge >= 0.3 is 0 Å². The molecule has 0 fully saturated rings. The number of nitro benzene ring substituents is 1. The molecule has 3 rings (SSSR count). The van der Waals surface area contributed by atoms with Gasteiger partial charge in [-0.25, -0.2) is 12.4 Å². The zero-order valence-electron chi connectivity index (χ0n) is 11.0. The number of hydrogen-bond acceptors (Lipinski definition) is 4. The van der Waals surface area contributed by atoms with Crippen LogP contribution in [0.15, 0.2) is 59.6 Å². The average molecular weight is 337 g/mol. The fraction of sp³-hybridized carbons (Fsp3) is 0. The van der Waals surface area contributed by atoms with Crippen LogP contribution in [0, 0.1) is 10.1 Å². The summed E-state index contributed by atoms with van der Waals surface area (Å²) in [7, 11) is -3.78. The molecular weight excluding hydrogens is 328 g/mol. The third kappa shape index (κ3) is 2.15. The minimum atomic E-state index is -3.78. The molecule has 1 aromatic heterocycles. The summed E-state index contributed by atoms with van der Waals surface area (Å²) >= 11 is 6.00. The average Bonchev–Trinajstić information content (AvgIpc) is 2.93. The molecule has 0 aliphatic carbocycles. The van der Waals surface area contributed by atoms with Gasteiger partial charge in [0.2, 0.25) is 0 Å². The number of nitrogens with zero attached hydrogens (tertiary/aromatic N) is 2. The van der Waals surface area contributed by atoms with E-state index >= 15 is 0 Å². The maximum Gasteiger partial charge on any atom is 0.288 e. The molecule has 0 spiro atoms. The number of nitro groups is 1. The van der Waals surface area contributed by atoms with E-state index in [0.717, 1.165) is 3.97 Å². The van der Waals surface area contributed by atoms with E-state index in [2.05, 4.69) is 0 Å². The van der Waals surface area contributed by atoms with Crippen LogP contribution in [0.2, 0.25) is 5.02 Å². The van der Waals surface area contributed by atoms with Gasteiger partial charge in [-0.15, -0.1) is 0 Å². The second-order valence-corrected chi connectivity index (χ2v) is 6.71. The standard InChI is InChI=1S/C14H9ClN2O4S/c15-14-11-8-9-16(12(11)6-7-13(14)17(18)19)22(20,21)10-4-2-1-3-5-10/h1-9H. The first kappa shape index (κ1) is 14.6. The molecule has 6 nitrogen and oxygen atoms in total. The van der Waals surface area contributed by atoms with Gasteiger partial charge in [-0.2, -0.15) is 0 Å². The van der Waals surface area contributed by atoms with Crippen LogP contribution in [0.3, 0.4) is 0 Å². The summed E-state index contributed by atoms with van der Waals surface area (Å²) in [5.41, 5.74) is 0.0310. The predicted molar refractivity (Wildman–Crippen MR) is 82.6 cm³/mol. The fourth-order valence-corrected chi connectivity index (χ4v) is 3.86. The Morgan fingerprint density at radius 2 is 1.73 bits per heavy atom. The monoisotopic (exact) mass is 336 g/mol. The van der Waals surface area contributed by atoms with E-state index < -0.39 is 14.9 Å². The smallest absolute Gasteiger partial charge is 0.258 e. The van der Waals surface area contributed by atoms with E-state index in [0.29, 0.717) is 10.9 Å². The molecule has 0 unspecified atom stereocenters. The Morgan fingerprint density at radius 3 is 2.36 bits per heavy atom. The Labute approximate surface area is 130 Å². The maximum atomic E-state index is 12.6. The fourth-order valence-electron chi connectivity index (χ4n) is 2.20. The lowest BCUT2D eigenvalue weighted by Crippen LogP contribution is -2.11. The molecule has 8 heteroatoms. The summed E-state index contributed by atoms with van der Waals surface area (Å²) < 4.78 is 26.3. The van der Waals surface area contributed by atoms with Crippen molar-refractivity contribution < 1.29 is 13.3 Å². The van der Waals surface area contributed by atoms with Crippen LogP contribution in [-0.2, 0) is 10.0 Å². The molecule has 2 aromatic carbocycles. The van der Waals surface area contributed by atoms with Gasteiger partial charge in [-0.1, -0.05) is 29.8 Å². The zero-order valence-corrected chi connectivity index (χ0v) is 12.6. The lowest BCUT2D eigenvalue weighted by atomic mass is 10.2. The minimum absolute atomic E-state index is 0.0792. The highest BCUT2D eigenvalue weighted by molar-refractivity contribution is 7.90. The topological polar surface area (TPSA) is 82.2 Å². The minimum Gasteiger partial charge on any atom is -0.258 e. The summed E-state index contributed by atoms with van der Waals surface area (Å²) in [4.78, 5) is 10.4. The maximum absolute atomic E-state index is 12.6. The van der Waals surface area contributed by atoms with Crippen molar-refractivity contribution in [1.29, 1.82) is 0 Å². The van der Waals surface area contributed by atoms with Crippen LogP contribution in [0.1, 0.15) is 0 Å². The molecule has 0 bridgehead atoms. The molecule has 0 atom stereocenters. The number of benzene rings is 2. The molecule has 0 radical (unpaired) electrons. The highest BCUT2D eigenvalue weighted by atomic mass is 35.5. The Morgan fingerprint density at radius 1 is 1.05 bits per heavy atom. The van der Waals surface area contributed by atoms with Gasteiger partial charge in [0.15, 0.2) is 0 Å². The van der Waals surface area contributed by atoms with E-state index in [9.17, 15) is 18.5 Å². The summed E-state index contributed by atoms with van der Waals surface area (Å²) in [6, 6.07) is 11.9. The van der Waals surface area contributed by atoms with Crippen molar-refractivity contribution in [1.82, 2.24) is 3.97 Å². The third-order valence-electron chi connectivity index (χ3n) is 3.25. The Bertz CT molecular complexity index is 981. The van der Waals surface area contributed by atoms with Crippen molar-refractivity contribution in [3.8, 4) is 0 Å². The van der Waals surface area contributed by atoms with E-state index in [1.807, 2.05) is 0 Å². The highest BCUT2D eigenvalue weighted by Gasteiger charge is 2.22. The van der Waals surface area contributed by atoms with Crippen molar-refractivity contribution in [2.75, 3.05) is 0 Å². The lowest BCUT2D eigenvalue weighted by Gasteiger charge is -2.07. The number of aromatic nitrogens is 1. The Hall–Kier alpha value is -2.38. The molecule has 3 aromatic rings. The number of rotatable bonds is 3. The van der Waals surface area contributed by atoms with Crippen molar-refractivity contribution in [2.45, 2.75) is 4.90 Å². The first-order valence-electron chi connectivity index (χ1n) is 6.17. The van der Waals surface area contributed by atoms with Crippen LogP contribution in [0.25, 0.3) is 10.9 Å². The van der Waals surface area contributed by atoms with Gasteiger partial charge in [0.25, 0.3) is 15.7 Å². The van der Waals surface area contributed by atoms with Gasteiger partial charge in [-0.05, 0) is 24.3 Å². The summed E-state index contributed by atoms with van der Waals surface area (Å²) in [6.45, 7) is 0. The molecule has 0 aliphatic rings. The molecule has 0 saturated heterocycles. The number of hydrogen-bond donors (Lipinski definition) is 0. The summed E-state index contributed by atoms with van der Waals surface area (Å²) in [6.07, 6.45) is 1.34. The van der Waals surface area contributed by atoms with E-state index in [-0.39, 0.29) is 15.6 Å². The van der Waals surface area contributed by atoms with E-state index in [4.69, 9.17) is 11.6 Å². The quantitative estimate of drug-likeness (QED) is 0.542. The second kappa shape index (κ2) is 5.11. The van der Waals surface area contributed by atoms with Crippen molar-refractivity contribution in [3.63, 3.8) is 0 Å². The first-order valence-corrected chi connectivity index (χ1v) is 7.99. The van der Waals surface area contributed by atoms with Gasteiger partial charge in [-0.3, -0.25) is 10.1 Å². The molecule has 0 amide bonds. The Balaban J connectivity index is 2.26. The molecule has 0 saturated carbocycles. The molecular formula is C14H9ClN2O4S. The van der Waals surface area contributed by atoms with E-state index in [1.54, 1.807) is 18.2 Å². The van der Waals surface area contributed by atoms with E-state index in [1.165, 1.54) is 36.5 Å². The molecule has 0 N–H and O–H groups in total. The SMILES string of the molecule is O=[N+]([O-])c1ccc2c(ccn2S(=O)(=O)c2ccccc2)c1Cl. The van der Waals surface area contributed by atoms with Gasteiger partial charge in [0, 0.05) is 17.6 Å². The van der Waals surface area contributed by atoms with Crippen LogP contribution < -0.4 is 0 Å². The van der Waals surface area contributed by atoms with Gasteiger partial charge < -0.3 is 0 Å². The van der Waals surface area contributed by atoms with Crippen molar-refractivity contribution in [2.24, 2.45) is 0 Å². The number of halogens is 1. The molecule has 1 heterocycles. The molecule has 112 valence electrons. The van der Waals surface area contributed by atoms with Gasteiger partial charge in [0.1, 0.15) is 5.02 Å². The van der Waals surface area contributed by atoms with Crippen molar-refractivity contribution in [3.05, 3.63) is 69.9 Å². The van der Waals surface area contributed by atoms with Crippen LogP contribution in [-0.4, -0.2) is 17.3 Å². The van der Waals surface area contributed by atoms with Crippen LogP contribution >= 0.6 is 11.6 Å². The van der Waals surface area contributed by atoms with Crippen LogP contribution in [0.4, 0.5) is 5.69 Å². The second-order valence-electron chi connectivity index (χ2n) is 4.52. The molecule has 0 aliphatic heterocycles. The molecule has 22 heavy (non-hydrogen) atoms.